The van der Waals surface area contributed by atoms with Crippen LogP contribution in [0.4, 0.5) is 18.9 Å². The van der Waals surface area contributed by atoms with Gasteiger partial charge in [0.15, 0.2) is 0 Å². The molecule has 0 saturated heterocycles. The molecule has 2 amide bonds. The van der Waals surface area contributed by atoms with Crippen molar-refractivity contribution in [1.82, 2.24) is 4.90 Å². The highest BCUT2D eigenvalue weighted by Gasteiger charge is 2.30. The molecule has 0 heterocycles. The maximum absolute atomic E-state index is 12.6. The van der Waals surface area contributed by atoms with Gasteiger partial charge in [-0.3, -0.25) is 9.59 Å². The number of rotatable bonds is 3. The molecule has 24 heavy (non-hydrogen) atoms. The molecule has 7 heteroatoms. The van der Waals surface area contributed by atoms with Crippen LogP contribution in [0.15, 0.2) is 54.6 Å². The van der Waals surface area contributed by atoms with E-state index in [1.165, 1.54) is 18.0 Å². The lowest BCUT2D eigenvalue weighted by molar-refractivity contribution is -0.142. The molecule has 126 valence electrons. The molecule has 0 aliphatic carbocycles. The maximum atomic E-state index is 12.6. The summed E-state index contributed by atoms with van der Waals surface area (Å²) < 4.78 is 37.9. The molecule has 0 atom stereocenters. The molecule has 0 saturated carbocycles. The highest BCUT2D eigenvalue weighted by atomic mass is 19.4. The Balaban J connectivity index is 2.02. The minimum absolute atomic E-state index is 0.0868. The molecule has 0 spiro atoms. The molecule has 0 unspecified atom stereocenters. The van der Waals surface area contributed by atoms with Gasteiger partial charge < -0.3 is 10.2 Å². The van der Waals surface area contributed by atoms with Crippen molar-refractivity contribution in [2.24, 2.45) is 0 Å². The molecule has 0 aliphatic heterocycles. The second kappa shape index (κ2) is 7.16. The molecule has 0 bridgehead atoms. The van der Waals surface area contributed by atoms with Crippen LogP contribution in [0.25, 0.3) is 0 Å². The summed E-state index contributed by atoms with van der Waals surface area (Å²) in [7, 11) is 1.45. The predicted molar refractivity (Wildman–Crippen MR) is 83.0 cm³/mol. The molecule has 2 rings (SSSR count). The van der Waals surface area contributed by atoms with E-state index in [1.807, 2.05) is 6.07 Å². The van der Waals surface area contributed by atoms with Crippen molar-refractivity contribution in [3.05, 3.63) is 65.7 Å². The fourth-order valence-electron chi connectivity index (χ4n) is 2.06. The number of carbonyl (C=O) groups excluding carboxylic acids is 2. The average molecular weight is 336 g/mol. The minimum atomic E-state index is -4.52. The zero-order valence-corrected chi connectivity index (χ0v) is 12.8. The summed E-state index contributed by atoms with van der Waals surface area (Å²) in [5.74, 6) is -1.83. The molecule has 0 radical (unpaired) electrons. The number of nitrogens with zero attached hydrogens (tertiary/aromatic N) is 1. The summed E-state index contributed by atoms with van der Waals surface area (Å²) >= 11 is 0. The van der Waals surface area contributed by atoms with Gasteiger partial charge in [0.1, 0.15) is 0 Å². The lowest BCUT2D eigenvalue weighted by atomic mass is 10.2. The van der Waals surface area contributed by atoms with Crippen LogP contribution in [0.2, 0.25) is 0 Å². The van der Waals surface area contributed by atoms with E-state index in [1.54, 1.807) is 24.3 Å². The second-order valence-electron chi connectivity index (χ2n) is 5.18. The van der Waals surface area contributed by atoms with Gasteiger partial charge in [-0.2, -0.15) is 13.2 Å². The quantitative estimate of drug-likeness (QED) is 0.875. The Hall–Kier alpha value is -2.83. The lowest BCUT2D eigenvalue weighted by Gasteiger charge is -2.17. The lowest BCUT2D eigenvalue weighted by Crippen LogP contribution is -2.36. The van der Waals surface area contributed by atoms with Gasteiger partial charge in [0, 0.05) is 19.3 Å². The van der Waals surface area contributed by atoms with Gasteiger partial charge in [0.25, 0.3) is 0 Å². The summed E-state index contributed by atoms with van der Waals surface area (Å²) in [5, 5.41) is 2.19. The summed E-state index contributed by atoms with van der Waals surface area (Å²) in [5.41, 5.74) is -0.151. The van der Waals surface area contributed by atoms with Crippen LogP contribution >= 0.6 is 0 Å². The number of nitrogens with one attached hydrogen (secondary N) is 1. The molecule has 4 nitrogen and oxygen atoms in total. The highest BCUT2D eigenvalue weighted by Crippen LogP contribution is 2.30. The number of anilines is 1. The van der Waals surface area contributed by atoms with Crippen molar-refractivity contribution in [2.45, 2.75) is 12.7 Å². The maximum Gasteiger partial charge on any atom is 0.416 e. The van der Waals surface area contributed by atoms with Gasteiger partial charge in [-0.25, -0.2) is 0 Å². The fourth-order valence-corrected chi connectivity index (χ4v) is 2.06. The molecule has 2 aromatic carbocycles. The van der Waals surface area contributed by atoms with E-state index in [9.17, 15) is 22.8 Å². The van der Waals surface area contributed by atoms with Crippen molar-refractivity contribution >= 4 is 17.5 Å². The number of amides is 2. The summed E-state index contributed by atoms with van der Waals surface area (Å²) in [6.45, 7) is 0.218. The number of hydrogen-bond acceptors (Lipinski definition) is 2. The normalized spacial score (nSPS) is 11.0. The van der Waals surface area contributed by atoms with Crippen LogP contribution in [0.3, 0.4) is 0 Å². The van der Waals surface area contributed by atoms with Crippen LogP contribution in [0, 0.1) is 0 Å². The zero-order valence-electron chi connectivity index (χ0n) is 12.8. The third-order valence-corrected chi connectivity index (χ3v) is 3.25. The van der Waals surface area contributed by atoms with Crippen LogP contribution in [-0.2, 0) is 22.3 Å². The van der Waals surface area contributed by atoms with Gasteiger partial charge in [0.2, 0.25) is 0 Å². The standard InChI is InChI=1S/C17H15F3N2O2/c1-22(11-12-6-3-2-4-7-12)16(24)15(23)21-14-9-5-8-13(10-14)17(18,19)20/h2-10H,11H2,1H3,(H,21,23). The van der Waals surface area contributed by atoms with E-state index >= 15 is 0 Å². The molecular formula is C17H15F3N2O2. The predicted octanol–water partition coefficient (Wildman–Crippen LogP) is 3.30. The van der Waals surface area contributed by atoms with Crippen LogP contribution in [0.5, 0.6) is 0 Å². The number of likely N-dealkylation sites (N-methyl/N-ethyl adjacent to an activating group) is 1. The SMILES string of the molecule is CN(Cc1ccccc1)C(=O)C(=O)Nc1cccc(C(F)(F)F)c1. The molecule has 2 aromatic rings. The molecule has 0 aliphatic rings. The van der Waals surface area contributed by atoms with Gasteiger partial charge in [0.05, 0.1) is 5.56 Å². The Morgan fingerprint density at radius 3 is 2.33 bits per heavy atom. The first-order chi connectivity index (χ1) is 11.3. The number of benzene rings is 2. The first-order valence-electron chi connectivity index (χ1n) is 7.05. The molecule has 0 aromatic heterocycles. The molecular weight excluding hydrogens is 321 g/mol. The Bertz CT molecular complexity index is 730. The van der Waals surface area contributed by atoms with Crippen LogP contribution < -0.4 is 5.32 Å². The first kappa shape index (κ1) is 17.5. The Labute approximate surface area is 136 Å². The fraction of sp³-hybridized carbons (Fsp3) is 0.176. The Kier molecular flexibility index (Phi) is 5.23. The van der Waals surface area contributed by atoms with Gasteiger partial charge in [-0.1, -0.05) is 36.4 Å². The number of alkyl halides is 3. The van der Waals surface area contributed by atoms with E-state index in [2.05, 4.69) is 5.32 Å². The first-order valence-corrected chi connectivity index (χ1v) is 7.05. The van der Waals surface area contributed by atoms with E-state index < -0.39 is 23.6 Å². The van der Waals surface area contributed by atoms with Crippen molar-refractivity contribution in [2.75, 3.05) is 12.4 Å². The topological polar surface area (TPSA) is 49.4 Å². The zero-order chi connectivity index (χ0) is 17.7. The summed E-state index contributed by atoms with van der Waals surface area (Å²) in [4.78, 5) is 25.1. The Morgan fingerprint density at radius 1 is 1.04 bits per heavy atom. The summed E-state index contributed by atoms with van der Waals surface area (Å²) in [6, 6.07) is 13.1. The average Bonchev–Trinajstić information content (AvgIpc) is 2.54. The molecule has 1 N–H and O–H groups in total. The van der Waals surface area contributed by atoms with E-state index in [4.69, 9.17) is 0 Å². The van der Waals surface area contributed by atoms with Crippen molar-refractivity contribution in [3.8, 4) is 0 Å². The van der Waals surface area contributed by atoms with Crippen molar-refractivity contribution < 1.29 is 22.8 Å². The largest absolute Gasteiger partial charge is 0.416 e. The summed E-state index contributed by atoms with van der Waals surface area (Å²) in [6.07, 6.45) is -4.52. The van der Waals surface area contributed by atoms with E-state index in [0.717, 1.165) is 23.8 Å². The van der Waals surface area contributed by atoms with E-state index in [-0.39, 0.29) is 12.2 Å². The van der Waals surface area contributed by atoms with Gasteiger partial charge in [-0.05, 0) is 23.8 Å². The smallest absolute Gasteiger partial charge is 0.333 e. The van der Waals surface area contributed by atoms with Gasteiger partial charge >= 0.3 is 18.0 Å². The Morgan fingerprint density at radius 2 is 1.71 bits per heavy atom. The van der Waals surface area contributed by atoms with Crippen molar-refractivity contribution in [1.29, 1.82) is 0 Å². The van der Waals surface area contributed by atoms with Crippen LogP contribution in [0.1, 0.15) is 11.1 Å². The molecule has 0 fully saturated rings. The van der Waals surface area contributed by atoms with Gasteiger partial charge in [-0.15, -0.1) is 0 Å². The second-order valence-corrected chi connectivity index (χ2v) is 5.18. The number of halogens is 3. The third-order valence-electron chi connectivity index (χ3n) is 3.25. The number of carbonyl (C=O) groups is 2. The highest BCUT2D eigenvalue weighted by molar-refractivity contribution is 6.39. The number of hydrogen-bond donors (Lipinski definition) is 1. The minimum Gasteiger partial charge on any atom is -0.333 e. The van der Waals surface area contributed by atoms with E-state index in [0.29, 0.717) is 0 Å². The monoisotopic (exact) mass is 336 g/mol. The third kappa shape index (κ3) is 4.58. The van der Waals surface area contributed by atoms with Crippen LogP contribution in [-0.4, -0.2) is 23.8 Å². The van der Waals surface area contributed by atoms with Crippen molar-refractivity contribution in [3.63, 3.8) is 0 Å².